The number of hydrogen-bond donors (Lipinski definition) is 2. The quantitative estimate of drug-likeness (QED) is 0.554. The van der Waals surface area contributed by atoms with E-state index in [4.69, 9.17) is 0 Å². The second kappa shape index (κ2) is 4.77. The molecular formula is C4H9NO2S. The predicted octanol–water partition coefficient (Wildman–Crippen LogP) is 0.967. The third-order valence-corrected chi connectivity index (χ3v) is 0.711. The summed E-state index contributed by atoms with van der Waals surface area (Å²) in [7, 11) is 0. The minimum atomic E-state index is -0.491. The lowest BCUT2D eigenvalue weighted by Crippen LogP contribution is -2.14. The van der Waals surface area contributed by atoms with Crippen molar-refractivity contribution in [3.05, 3.63) is 0 Å². The first-order valence-electron chi connectivity index (χ1n) is 2.38. The zero-order valence-corrected chi connectivity index (χ0v) is 5.57. The van der Waals surface area contributed by atoms with E-state index in [1.807, 2.05) is 11.6 Å². The van der Waals surface area contributed by atoms with Crippen LogP contribution in [0.25, 0.3) is 0 Å². The van der Waals surface area contributed by atoms with Gasteiger partial charge in [-0.05, 0) is 6.42 Å². The molecule has 8 heavy (non-hydrogen) atoms. The van der Waals surface area contributed by atoms with E-state index in [1.54, 1.807) is 0 Å². The number of ether oxygens (including phenoxy) is 1. The lowest BCUT2D eigenvalue weighted by Gasteiger charge is -1.97. The van der Waals surface area contributed by atoms with Gasteiger partial charge in [0.1, 0.15) is 0 Å². The van der Waals surface area contributed by atoms with Crippen LogP contribution >= 0.6 is 12.8 Å². The first-order chi connectivity index (χ1) is 3.81. The molecule has 0 saturated heterocycles. The van der Waals surface area contributed by atoms with Crippen molar-refractivity contribution in [3.8, 4) is 0 Å². The van der Waals surface area contributed by atoms with Crippen LogP contribution in [-0.2, 0) is 4.74 Å². The number of nitrogens with one attached hydrogen (secondary N) is 1. The van der Waals surface area contributed by atoms with Crippen molar-refractivity contribution in [1.29, 1.82) is 0 Å². The van der Waals surface area contributed by atoms with Crippen molar-refractivity contribution in [2.24, 2.45) is 0 Å². The van der Waals surface area contributed by atoms with Gasteiger partial charge in [0.2, 0.25) is 0 Å². The van der Waals surface area contributed by atoms with Gasteiger partial charge in [-0.25, -0.2) is 4.79 Å². The van der Waals surface area contributed by atoms with Crippen molar-refractivity contribution >= 4 is 18.9 Å². The molecule has 0 aliphatic carbocycles. The second-order valence-electron chi connectivity index (χ2n) is 1.25. The molecule has 0 spiro atoms. The topological polar surface area (TPSA) is 38.3 Å². The fourth-order valence-electron chi connectivity index (χ4n) is 0.227. The van der Waals surface area contributed by atoms with Crippen LogP contribution in [-0.4, -0.2) is 12.7 Å². The number of hydrogen-bond acceptors (Lipinski definition) is 3. The summed E-state index contributed by atoms with van der Waals surface area (Å²) in [4.78, 5) is 10.2. The van der Waals surface area contributed by atoms with E-state index in [2.05, 4.69) is 17.6 Å². The van der Waals surface area contributed by atoms with E-state index >= 15 is 0 Å². The summed E-state index contributed by atoms with van der Waals surface area (Å²) >= 11 is 3.46. The summed E-state index contributed by atoms with van der Waals surface area (Å²) in [6.07, 6.45) is 0.344. The van der Waals surface area contributed by atoms with Crippen LogP contribution in [0.1, 0.15) is 13.3 Å². The van der Waals surface area contributed by atoms with Crippen LogP contribution < -0.4 is 4.72 Å². The maximum Gasteiger partial charge on any atom is 0.417 e. The average Bonchev–Trinajstić information content (AvgIpc) is 1.83. The van der Waals surface area contributed by atoms with Crippen molar-refractivity contribution in [2.45, 2.75) is 13.3 Å². The van der Waals surface area contributed by atoms with Crippen LogP contribution in [0, 0.1) is 0 Å². The van der Waals surface area contributed by atoms with E-state index in [-0.39, 0.29) is 0 Å². The van der Waals surface area contributed by atoms with Crippen LogP contribution in [0.15, 0.2) is 0 Å². The Morgan fingerprint density at radius 1 is 1.88 bits per heavy atom. The van der Waals surface area contributed by atoms with Gasteiger partial charge in [-0.15, -0.1) is 0 Å². The molecule has 0 atom stereocenters. The molecule has 3 nitrogen and oxygen atoms in total. The fraction of sp³-hybridized carbons (Fsp3) is 0.750. The average molecular weight is 135 g/mol. The molecule has 0 saturated carbocycles. The minimum absolute atomic E-state index is 0.451. The van der Waals surface area contributed by atoms with Gasteiger partial charge in [-0.3, -0.25) is 4.72 Å². The lowest BCUT2D eigenvalue weighted by atomic mass is 10.5. The van der Waals surface area contributed by atoms with Gasteiger partial charge in [0.15, 0.2) is 0 Å². The molecule has 0 aliphatic rings. The zero-order valence-electron chi connectivity index (χ0n) is 4.68. The van der Waals surface area contributed by atoms with Crippen molar-refractivity contribution in [2.75, 3.05) is 6.61 Å². The number of rotatable bonds is 2. The van der Waals surface area contributed by atoms with Gasteiger partial charge in [-0.1, -0.05) is 19.7 Å². The molecule has 0 bridgehead atoms. The van der Waals surface area contributed by atoms with E-state index in [0.717, 1.165) is 6.42 Å². The first-order valence-corrected chi connectivity index (χ1v) is 2.82. The SMILES string of the molecule is CCCOC(=O)NS. The highest BCUT2D eigenvalue weighted by molar-refractivity contribution is 7.78. The van der Waals surface area contributed by atoms with Gasteiger partial charge in [-0.2, -0.15) is 0 Å². The van der Waals surface area contributed by atoms with Gasteiger partial charge in [0.25, 0.3) is 0 Å². The Bertz CT molecular complexity index is 76.4. The van der Waals surface area contributed by atoms with Crippen molar-refractivity contribution in [1.82, 2.24) is 4.72 Å². The second-order valence-corrected chi connectivity index (χ2v) is 1.47. The third kappa shape index (κ3) is 3.80. The van der Waals surface area contributed by atoms with Gasteiger partial charge in [0, 0.05) is 0 Å². The molecular weight excluding hydrogens is 126 g/mol. The summed E-state index contributed by atoms with van der Waals surface area (Å²) in [5.41, 5.74) is 0. The Balaban J connectivity index is 2.99. The summed E-state index contributed by atoms with van der Waals surface area (Å²) < 4.78 is 6.55. The molecule has 0 fully saturated rings. The highest BCUT2D eigenvalue weighted by Gasteiger charge is 1.92. The largest absolute Gasteiger partial charge is 0.449 e. The Morgan fingerprint density at radius 2 is 2.50 bits per heavy atom. The molecule has 1 N–H and O–H groups in total. The van der Waals surface area contributed by atoms with Crippen molar-refractivity contribution < 1.29 is 9.53 Å². The van der Waals surface area contributed by atoms with Gasteiger partial charge >= 0.3 is 6.09 Å². The van der Waals surface area contributed by atoms with E-state index < -0.39 is 6.09 Å². The third-order valence-electron chi connectivity index (χ3n) is 0.529. The molecule has 0 aromatic carbocycles. The monoisotopic (exact) mass is 135 g/mol. The Kier molecular flexibility index (Phi) is 4.54. The summed E-state index contributed by atoms with van der Waals surface area (Å²) in [5.74, 6) is 0. The molecule has 0 rings (SSSR count). The summed E-state index contributed by atoms with van der Waals surface area (Å²) in [6, 6.07) is 0. The predicted molar refractivity (Wildman–Crippen MR) is 33.8 cm³/mol. The lowest BCUT2D eigenvalue weighted by molar-refractivity contribution is 0.153. The van der Waals surface area contributed by atoms with E-state index in [0.29, 0.717) is 6.61 Å². The summed E-state index contributed by atoms with van der Waals surface area (Å²) in [6.45, 7) is 2.37. The van der Waals surface area contributed by atoms with Crippen LogP contribution in [0.2, 0.25) is 0 Å². The smallest absolute Gasteiger partial charge is 0.417 e. The Hall–Kier alpha value is -0.380. The maximum absolute atomic E-state index is 10.2. The highest BCUT2D eigenvalue weighted by Crippen LogP contribution is 1.80. The number of amides is 1. The molecule has 1 amide bonds. The number of thiol groups is 1. The van der Waals surface area contributed by atoms with Crippen LogP contribution in [0.3, 0.4) is 0 Å². The van der Waals surface area contributed by atoms with Crippen molar-refractivity contribution in [3.63, 3.8) is 0 Å². The number of carbonyl (C=O) groups excluding carboxylic acids is 1. The molecule has 0 aromatic heterocycles. The fourth-order valence-corrected chi connectivity index (χ4v) is 0.292. The first kappa shape index (κ1) is 7.62. The van der Waals surface area contributed by atoms with E-state index in [9.17, 15) is 4.79 Å². The number of carbonyl (C=O) groups is 1. The normalized spacial score (nSPS) is 8.25. The molecule has 0 heterocycles. The van der Waals surface area contributed by atoms with E-state index in [1.165, 1.54) is 0 Å². The zero-order chi connectivity index (χ0) is 6.41. The van der Waals surface area contributed by atoms with Crippen LogP contribution in [0.5, 0.6) is 0 Å². The van der Waals surface area contributed by atoms with Gasteiger partial charge < -0.3 is 4.74 Å². The van der Waals surface area contributed by atoms with Crippen LogP contribution in [0.4, 0.5) is 4.79 Å². The molecule has 48 valence electrons. The Morgan fingerprint density at radius 3 is 2.88 bits per heavy atom. The molecule has 4 heteroatoms. The molecule has 0 aromatic rings. The molecule has 0 unspecified atom stereocenters. The maximum atomic E-state index is 10.2. The minimum Gasteiger partial charge on any atom is -0.449 e. The summed E-state index contributed by atoms with van der Waals surface area (Å²) in [5, 5.41) is 0. The standard InChI is InChI=1S/C4H9NO2S/c1-2-3-7-4(6)5-8/h8H,2-3H2,1H3,(H,5,6). The molecule has 0 radical (unpaired) electrons. The van der Waals surface area contributed by atoms with Gasteiger partial charge in [0.05, 0.1) is 6.61 Å². The molecule has 0 aliphatic heterocycles. The Labute approximate surface area is 53.9 Å². The highest BCUT2D eigenvalue weighted by atomic mass is 32.1.